The van der Waals surface area contributed by atoms with E-state index in [1.54, 1.807) is 29.2 Å². The van der Waals surface area contributed by atoms with Crippen LogP contribution in [0.2, 0.25) is 0 Å². The van der Waals surface area contributed by atoms with Crippen molar-refractivity contribution in [3.05, 3.63) is 35.4 Å². The van der Waals surface area contributed by atoms with Crippen LogP contribution in [-0.4, -0.2) is 60.1 Å². The first kappa shape index (κ1) is 20.3. The summed E-state index contributed by atoms with van der Waals surface area (Å²) in [6.07, 6.45) is 2.63. The minimum absolute atomic E-state index is 0.0919. The molecule has 7 heteroatoms. The average Bonchev–Trinajstić information content (AvgIpc) is 3.22. The molecule has 0 spiro atoms. The number of nitrogens with zero attached hydrogens (tertiary/aromatic N) is 1. The van der Waals surface area contributed by atoms with Crippen LogP contribution in [0.1, 0.15) is 53.3 Å². The molecule has 0 saturated carbocycles. The summed E-state index contributed by atoms with van der Waals surface area (Å²) in [6.45, 7) is 4.22. The molecule has 2 N–H and O–H groups in total. The number of ether oxygens (including phenoxy) is 1. The van der Waals surface area contributed by atoms with Gasteiger partial charge in [-0.3, -0.25) is 14.4 Å². The Morgan fingerprint density at radius 2 is 1.89 bits per heavy atom. The minimum atomic E-state index is -0.792. The molecule has 0 aromatic heterocycles. The second kappa shape index (κ2) is 9.19. The van der Waals surface area contributed by atoms with Gasteiger partial charge in [-0.1, -0.05) is 13.0 Å². The number of benzene rings is 1. The van der Waals surface area contributed by atoms with Crippen molar-refractivity contribution in [3.63, 3.8) is 0 Å². The van der Waals surface area contributed by atoms with Crippen molar-refractivity contribution in [2.75, 3.05) is 26.2 Å². The quantitative estimate of drug-likeness (QED) is 0.779. The summed E-state index contributed by atoms with van der Waals surface area (Å²) in [4.78, 5) is 38.2. The van der Waals surface area contributed by atoms with Gasteiger partial charge in [-0.05, 0) is 49.8 Å². The topological polar surface area (TPSA) is 95.9 Å². The highest BCUT2D eigenvalue weighted by Crippen LogP contribution is 2.33. The van der Waals surface area contributed by atoms with Gasteiger partial charge in [-0.25, -0.2) is 0 Å². The van der Waals surface area contributed by atoms with Crippen molar-refractivity contribution in [2.24, 2.45) is 11.8 Å². The zero-order valence-corrected chi connectivity index (χ0v) is 16.2. The van der Waals surface area contributed by atoms with E-state index in [9.17, 15) is 19.5 Å². The van der Waals surface area contributed by atoms with E-state index in [4.69, 9.17) is 4.74 Å². The van der Waals surface area contributed by atoms with E-state index in [1.165, 1.54) is 0 Å². The van der Waals surface area contributed by atoms with Crippen LogP contribution in [0.15, 0.2) is 24.3 Å². The van der Waals surface area contributed by atoms with Gasteiger partial charge >= 0.3 is 5.97 Å². The van der Waals surface area contributed by atoms with Gasteiger partial charge in [-0.15, -0.1) is 0 Å². The van der Waals surface area contributed by atoms with Gasteiger partial charge in [0.15, 0.2) is 0 Å². The standard InChI is InChI=1S/C21H28N2O5/c1-2-9-22-19(24)15-4-3-5-16(13-15)20(25)23-10-6-14(7-11-23)18-17(21(26)27)8-12-28-18/h3-5,13-14,17-18H,2,6-12H2,1H3,(H,22,24)(H,26,27)/t17?,18-/m0/s1. The summed E-state index contributed by atoms with van der Waals surface area (Å²) in [7, 11) is 0. The summed E-state index contributed by atoms with van der Waals surface area (Å²) in [5.41, 5.74) is 0.987. The van der Waals surface area contributed by atoms with Gasteiger partial charge in [0.2, 0.25) is 0 Å². The number of hydrogen-bond acceptors (Lipinski definition) is 4. The largest absolute Gasteiger partial charge is 0.481 e. The third-order valence-corrected chi connectivity index (χ3v) is 5.65. The van der Waals surface area contributed by atoms with Crippen molar-refractivity contribution >= 4 is 17.8 Å². The average molecular weight is 388 g/mol. The SMILES string of the molecule is CCCNC(=O)c1cccc(C(=O)N2CCC([C@@H]3OCCC3C(=O)O)CC2)c1. The van der Waals surface area contributed by atoms with Gasteiger partial charge in [0.25, 0.3) is 11.8 Å². The maximum atomic E-state index is 12.9. The number of hydrogen-bond donors (Lipinski definition) is 2. The molecule has 2 aliphatic rings. The van der Waals surface area contributed by atoms with Gasteiger partial charge in [0, 0.05) is 37.4 Å². The summed E-state index contributed by atoms with van der Waals surface area (Å²) in [5, 5.41) is 12.2. The van der Waals surface area contributed by atoms with E-state index < -0.39 is 11.9 Å². The highest BCUT2D eigenvalue weighted by Gasteiger charge is 2.40. The first-order chi connectivity index (χ1) is 13.5. The molecule has 2 saturated heterocycles. The molecule has 1 aromatic carbocycles. The fourth-order valence-electron chi connectivity index (χ4n) is 4.09. The molecule has 0 bridgehead atoms. The molecular weight excluding hydrogens is 360 g/mol. The van der Waals surface area contributed by atoms with E-state index in [2.05, 4.69) is 5.32 Å². The first-order valence-corrected chi connectivity index (χ1v) is 10.0. The number of aliphatic carboxylic acids is 1. The fourth-order valence-corrected chi connectivity index (χ4v) is 4.09. The number of amides is 2. The Morgan fingerprint density at radius 3 is 2.57 bits per heavy atom. The lowest BCUT2D eigenvalue weighted by Gasteiger charge is -2.35. The van der Waals surface area contributed by atoms with E-state index >= 15 is 0 Å². The summed E-state index contributed by atoms with van der Waals surface area (Å²) in [5.74, 6) is -1.33. The second-order valence-electron chi connectivity index (χ2n) is 7.54. The number of carboxylic acid groups (broad SMARTS) is 1. The number of rotatable bonds is 6. The van der Waals surface area contributed by atoms with Crippen LogP contribution >= 0.6 is 0 Å². The van der Waals surface area contributed by atoms with Crippen LogP contribution in [0, 0.1) is 11.8 Å². The van der Waals surface area contributed by atoms with Crippen molar-refractivity contribution < 1.29 is 24.2 Å². The highest BCUT2D eigenvalue weighted by molar-refractivity contribution is 5.99. The lowest BCUT2D eigenvalue weighted by atomic mass is 9.84. The predicted molar refractivity (Wildman–Crippen MR) is 103 cm³/mol. The van der Waals surface area contributed by atoms with Gasteiger partial charge in [0.05, 0.1) is 12.0 Å². The molecule has 3 rings (SSSR count). The second-order valence-corrected chi connectivity index (χ2v) is 7.54. The fraction of sp³-hybridized carbons (Fsp3) is 0.571. The first-order valence-electron chi connectivity index (χ1n) is 10.0. The molecule has 28 heavy (non-hydrogen) atoms. The van der Waals surface area contributed by atoms with E-state index in [-0.39, 0.29) is 23.8 Å². The Hall–Kier alpha value is -2.41. The maximum Gasteiger partial charge on any atom is 0.309 e. The van der Waals surface area contributed by atoms with Crippen LogP contribution in [0.3, 0.4) is 0 Å². The Morgan fingerprint density at radius 1 is 1.18 bits per heavy atom. The number of carboxylic acids is 1. The zero-order valence-electron chi connectivity index (χ0n) is 16.2. The Labute approximate surface area is 165 Å². The molecule has 1 aromatic rings. The van der Waals surface area contributed by atoms with Crippen LogP contribution in [0.5, 0.6) is 0 Å². The molecule has 0 aliphatic carbocycles. The molecular formula is C21H28N2O5. The number of carbonyl (C=O) groups is 3. The smallest absolute Gasteiger partial charge is 0.309 e. The molecule has 2 fully saturated rings. The zero-order chi connectivity index (χ0) is 20.1. The van der Waals surface area contributed by atoms with Gasteiger partial charge in [0.1, 0.15) is 0 Å². The highest BCUT2D eigenvalue weighted by atomic mass is 16.5. The van der Waals surface area contributed by atoms with Crippen molar-refractivity contribution in [2.45, 2.75) is 38.7 Å². The van der Waals surface area contributed by atoms with Gasteiger partial charge < -0.3 is 20.1 Å². The van der Waals surface area contributed by atoms with Crippen molar-refractivity contribution in [3.8, 4) is 0 Å². The Balaban J connectivity index is 1.59. The minimum Gasteiger partial charge on any atom is -0.481 e. The molecule has 152 valence electrons. The predicted octanol–water partition coefficient (Wildman–Crippen LogP) is 2.17. The number of carbonyl (C=O) groups excluding carboxylic acids is 2. The normalized spacial score (nSPS) is 22.8. The van der Waals surface area contributed by atoms with Crippen molar-refractivity contribution in [1.29, 1.82) is 0 Å². The molecule has 1 unspecified atom stereocenters. The number of likely N-dealkylation sites (tertiary alicyclic amines) is 1. The monoisotopic (exact) mass is 388 g/mol. The molecule has 2 heterocycles. The van der Waals surface area contributed by atoms with Crippen LogP contribution in [-0.2, 0) is 9.53 Å². The summed E-state index contributed by atoms with van der Waals surface area (Å²) < 4.78 is 5.69. The molecule has 2 atom stereocenters. The molecule has 2 aliphatic heterocycles. The van der Waals surface area contributed by atoms with E-state index in [0.29, 0.717) is 43.8 Å². The lowest BCUT2D eigenvalue weighted by molar-refractivity contribution is -0.145. The molecule has 2 amide bonds. The lowest BCUT2D eigenvalue weighted by Crippen LogP contribution is -2.43. The summed E-state index contributed by atoms with van der Waals surface area (Å²) >= 11 is 0. The van der Waals surface area contributed by atoms with Crippen LogP contribution < -0.4 is 5.32 Å². The Bertz CT molecular complexity index is 727. The third-order valence-electron chi connectivity index (χ3n) is 5.65. The van der Waals surface area contributed by atoms with E-state index in [1.807, 2.05) is 6.92 Å². The Kier molecular flexibility index (Phi) is 6.67. The third kappa shape index (κ3) is 4.52. The molecule has 0 radical (unpaired) electrons. The number of piperidine rings is 1. The van der Waals surface area contributed by atoms with Crippen LogP contribution in [0.25, 0.3) is 0 Å². The number of nitrogens with one attached hydrogen (secondary N) is 1. The molecule has 7 nitrogen and oxygen atoms in total. The van der Waals surface area contributed by atoms with E-state index in [0.717, 1.165) is 19.3 Å². The van der Waals surface area contributed by atoms with Crippen LogP contribution in [0.4, 0.5) is 0 Å². The summed E-state index contributed by atoms with van der Waals surface area (Å²) in [6, 6.07) is 6.80. The van der Waals surface area contributed by atoms with Gasteiger partial charge in [-0.2, -0.15) is 0 Å². The maximum absolute atomic E-state index is 12.9. The van der Waals surface area contributed by atoms with Crippen molar-refractivity contribution in [1.82, 2.24) is 10.2 Å².